The zero-order valence-corrected chi connectivity index (χ0v) is 9.48. The van der Waals surface area contributed by atoms with Crippen LogP contribution in [0.4, 0.5) is 14.7 Å². The molecule has 0 fully saturated rings. The van der Waals surface area contributed by atoms with E-state index in [2.05, 4.69) is 5.32 Å². The lowest BCUT2D eigenvalue weighted by atomic mass is 10.2. The van der Waals surface area contributed by atoms with Gasteiger partial charge in [0.15, 0.2) is 5.88 Å². The minimum Gasteiger partial charge on any atom is -0.441 e. The molecule has 0 amide bonds. The van der Waals surface area contributed by atoms with Gasteiger partial charge in [0.25, 0.3) is 5.76 Å². The van der Waals surface area contributed by atoms with Crippen molar-refractivity contribution in [1.29, 1.82) is 0 Å². The Bertz CT molecular complexity index is 484. The maximum atomic E-state index is 12.2. The molecule has 2 rings (SSSR count). The second-order valence-corrected chi connectivity index (χ2v) is 4.28. The minimum atomic E-state index is -2.40. The second-order valence-electron chi connectivity index (χ2n) is 3.22. The number of hydrogen-bond acceptors (Lipinski definition) is 3. The van der Waals surface area contributed by atoms with Crippen molar-refractivity contribution >= 4 is 28.6 Å². The van der Waals surface area contributed by atoms with E-state index in [0.29, 0.717) is 28.1 Å². The molecule has 2 nitrogen and oxygen atoms in total. The van der Waals surface area contributed by atoms with Crippen molar-refractivity contribution in [3.8, 4) is 0 Å². The number of alkyl halides is 2. The van der Waals surface area contributed by atoms with E-state index in [1.807, 2.05) is 13.0 Å². The summed E-state index contributed by atoms with van der Waals surface area (Å²) in [6, 6.07) is 6.94. The Kier molecular flexibility index (Phi) is 3.33. The Hall–Kier alpha value is -1.23. The molecule has 1 aromatic heterocycles. The van der Waals surface area contributed by atoms with Crippen LogP contribution in [0.25, 0.3) is 11.0 Å². The van der Waals surface area contributed by atoms with E-state index < -0.39 is 5.76 Å². The van der Waals surface area contributed by atoms with Crippen LogP contribution in [0, 0.1) is 0 Å². The molecule has 0 saturated heterocycles. The zero-order valence-electron chi connectivity index (χ0n) is 8.67. The number of fused-ring (bicyclic) bond motifs is 1. The van der Waals surface area contributed by atoms with Gasteiger partial charge in [-0.05, 0) is 25.1 Å². The van der Waals surface area contributed by atoms with Crippen molar-refractivity contribution in [2.24, 2.45) is 0 Å². The number of halogens is 2. The zero-order chi connectivity index (χ0) is 11.5. The quantitative estimate of drug-likeness (QED) is 0.815. The van der Waals surface area contributed by atoms with Crippen LogP contribution in [0.5, 0.6) is 0 Å². The number of rotatable bonds is 4. The lowest BCUT2D eigenvalue weighted by Crippen LogP contribution is -1.93. The summed E-state index contributed by atoms with van der Waals surface area (Å²) in [6.07, 6.45) is 0. The summed E-state index contributed by atoms with van der Waals surface area (Å²) < 4.78 is 29.8. The van der Waals surface area contributed by atoms with E-state index in [1.54, 1.807) is 18.2 Å². The van der Waals surface area contributed by atoms with Crippen molar-refractivity contribution in [3.63, 3.8) is 0 Å². The van der Waals surface area contributed by atoms with Gasteiger partial charge in [0.05, 0.1) is 0 Å². The Morgan fingerprint density at radius 2 is 2.19 bits per heavy atom. The van der Waals surface area contributed by atoms with Crippen molar-refractivity contribution in [1.82, 2.24) is 0 Å². The first-order chi connectivity index (χ1) is 7.69. The van der Waals surface area contributed by atoms with E-state index >= 15 is 0 Å². The number of furan rings is 1. The highest BCUT2D eigenvalue weighted by Gasteiger charge is 2.08. The molecular weight excluding hydrogens is 232 g/mol. The Balaban J connectivity index is 2.30. The van der Waals surface area contributed by atoms with E-state index in [-0.39, 0.29) is 0 Å². The van der Waals surface area contributed by atoms with Gasteiger partial charge in [-0.1, -0.05) is 11.8 Å². The Morgan fingerprint density at radius 1 is 1.38 bits per heavy atom. The smallest absolute Gasteiger partial charge is 0.288 e. The number of anilines is 1. The molecule has 1 aromatic carbocycles. The summed E-state index contributed by atoms with van der Waals surface area (Å²) in [5.74, 6) is -1.74. The average molecular weight is 243 g/mol. The highest BCUT2D eigenvalue weighted by atomic mass is 32.2. The third-order valence-electron chi connectivity index (χ3n) is 2.07. The topological polar surface area (TPSA) is 25.2 Å². The van der Waals surface area contributed by atoms with Crippen LogP contribution in [0.1, 0.15) is 6.92 Å². The Morgan fingerprint density at radius 3 is 2.88 bits per heavy atom. The molecule has 0 bridgehead atoms. The van der Waals surface area contributed by atoms with E-state index in [0.717, 1.165) is 11.9 Å². The monoisotopic (exact) mass is 243 g/mol. The van der Waals surface area contributed by atoms with Crippen molar-refractivity contribution < 1.29 is 13.2 Å². The molecular formula is C11H11F2NOS. The predicted molar refractivity (Wildman–Crippen MR) is 62.2 cm³/mol. The van der Waals surface area contributed by atoms with Gasteiger partial charge >= 0.3 is 0 Å². The third kappa shape index (κ3) is 2.47. The first-order valence-electron chi connectivity index (χ1n) is 4.91. The summed E-state index contributed by atoms with van der Waals surface area (Å²) in [6.45, 7) is 2.73. The summed E-state index contributed by atoms with van der Waals surface area (Å²) in [5, 5.41) is 3.95. The van der Waals surface area contributed by atoms with Gasteiger partial charge in [-0.25, -0.2) is 0 Å². The average Bonchev–Trinajstić information content (AvgIpc) is 2.59. The SMILES string of the molecule is CCNc1cc2ccc(SC(F)F)cc2o1. The van der Waals surface area contributed by atoms with Gasteiger partial charge < -0.3 is 9.73 Å². The molecule has 0 unspecified atom stereocenters. The molecule has 2 aromatic rings. The van der Waals surface area contributed by atoms with E-state index in [1.165, 1.54) is 0 Å². The molecule has 1 heterocycles. The van der Waals surface area contributed by atoms with Gasteiger partial charge in [0.1, 0.15) is 5.58 Å². The van der Waals surface area contributed by atoms with Crippen LogP contribution < -0.4 is 5.32 Å². The number of hydrogen-bond donors (Lipinski definition) is 1. The number of thioether (sulfide) groups is 1. The second kappa shape index (κ2) is 4.74. The largest absolute Gasteiger partial charge is 0.441 e. The van der Waals surface area contributed by atoms with Gasteiger partial charge in [-0.15, -0.1) is 0 Å². The number of benzene rings is 1. The summed E-state index contributed by atoms with van der Waals surface area (Å²) in [5.41, 5.74) is 0.626. The van der Waals surface area contributed by atoms with Crippen LogP contribution in [0.3, 0.4) is 0 Å². The Labute approximate surface area is 96.0 Å². The molecule has 16 heavy (non-hydrogen) atoms. The maximum Gasteiger partial charge on any atom is 0.288 e. The highest BCUT2D eigenvalue weighted by Crippen LogP contribution is 2.30. The fourth-order valence-electron chi connectivity index (χ4n) is 1.45. The number of nitrogens with one attached hydrogen (secondary N) is 1. The first kappa shape index (κ1) is 11.3. The van der Waals surface area contributed by atoms with Gasteiger partial charge in [-0.2, -0.15) is 8.78 Å². The normalized spacial score (nSPS) is 11.2. The van der Waals surface area contributed by atoms with E-state index in [9.17, 15) is 8.78 Å². The summed E-state index contributed by atoms with van der Waals surface area (Å²) in [7, 11) is 0. The van der Waals surface area contributed by atoms with Gasteiger partial charge in [-0.3, -0.25) is 0 Å². The van der Waals surface area contributed by atoms with Crippen molar-refractivity contribution in [3.05, 3.63) is 24.3 Å². The molecule has 0 radical (unpaired) electrons. The van der Waals surface area contributed by atoms with Crippen LogP contribution >= 0.6 is 11.8 Å². The molecule has 86 valence electrons. The third-order valence-corrected chi connectivity index (χ3v) is 2.77. The lowest BCUT2D eigenvalue weighted by Gasteiger charge is -1.98. The van der Waals surface area contributed by atoms with Crippen molar-refractivity contribution in [2.75, 3.05) is 11.9 Å². The van der Waals surface area contributed by atoms with Crippen molar-refractivity contribution in [2.45, 2.75) is 17.6 Å². The molecule has 0 spiro atoms. The summed E-state index contributed by atoms with van der Waals surface area (Å²) >= 11 is 0.522. The standard InChI is InChI=1S/C11H11F2NOS/c1-2-14-10-5-7-3-4-8(16-11(12)13)6-9(7)15-10/h3-6,11,14H,2H2,1H3. The molecule has 0 aliphatic rings. The lowest BCUT2D eigenvalue weighted by molar-refractivity contribution is 0.252. The molecule has 0 atom stereocenters. The van der Waals surface area contributed by atoms with Gasteiger partial charge in [0, 0.05) is 22.9 Å². The highest BCUT2D eigenvalue weighted by molar-refractivity contribution is 7.99. The van der Waals surface area contributed by atoms with E-state index in [4.69, 9.17) is 4.42 Å². The maximum absolute atomic E-state index is 12.2. The summed E-state index contributed by atoms with van der Waals surface area (Å²) in [4.78, 5) is 0.514. The van der Waals surface area contributed by atoms with Crippen LogP contribution in [-0.2, 0) is 0 Å². The van der Waals surface area contributed by atoms with Crippen LogP contribution in [-0.4, -0.2) is 12.3 Å². The minimum absolute atomic E-state index is 0.514. The fraction of sp³-hybridized carbons (Fsp3) is 0.273. The molecule has 1 N–H and O–H groups in total. The predicted octanol–water partition coefficient (Wildman–Crippen LogP) is 4.18. The first-order valence-corrected chi connectivity index (χ1v) is 5.79. The molecule has 5 heteroatoms. The molecule has 0 aliphatic carbocycles. The molecule has 0 aliphatic heterocycles. The van der Waals surface area contributed by atoms with Gasteiger partial charge in [0.2, 0.25) is 0 Å². The van der Waals surface area contributed by atoms with Crippen LogP contribution in [0.15, 0.2) is 33.6 Å². The van der Waals surface area contributed by atoms with Crippen LogP contribution in [0.2, 0.25) is 0 Å². The molecule has 0 saturated carbocycles. The fourth-order valence-corrected chi connectivity index (χ4v) is 1.98.